The number of unbranched alkanes of at least 4 members (excludes halogenated alkanes) is 1. The largest absolute Gasteiger partial charge is 0.487 e. The van der Waals surface area contributed by atoms with E-state index in [2.05, 4.69) is 19.1 Å². The summed E-state index contributed by atoms with van der Waals surface area (Å²) in [6, 6.07) is 12.0. The fourth-order valence-corrected chi connectivity index (χ4v) is 3.21. The van der Waals surface area contributed by atoms with Gasteiger partial charge in [0, 0.05) is 0 Å². The van der Waals surface area contributed by atoms with Gasteiger partial charge in [0.05, 0.1) is 26.4 Å². The lowest BCUT2D eigenvalue weighted by Gasteiger charge is -2.16. The molecule has 0 aliphatic carbocycles. The first kappa shape index (κ1) is 23.2. The molecule has 2 aromatic rings. The van der Waals surface area contributed by atoms with Crippen LogP contribution in [0.1, 0.15) is 30.9 Å². The third-order valence-corrected chi connectivity index (χ3v) is 4.87. The molecular formula is C25H34O6. The van der Waals surface area contributed by atoms with Crippen LogP contribution in [0.25, 0.3) is 0 Å². The molecule has 0 saturated heterocycles. The third kappa shape index (κ3) is 7.96. The quantitative estimate of drug-likeness (QED) is 0.709. The van der Waals surface area contributed by atoms with Crippen LogP contribution in [-0.2, 0) is 15.9 Å². The van der Waals surface area contributed by atoms with Crippen LogP contribution >= 0.6 is 0 Å². The molecule has 0 spiro atoms. The average Bonchev–Trinajstić information content (AvgIpc) is 2.77. The first-order valence-electron chi connectivity index (χ1n) is 11.2. The number of hydrogen-bond donors (Lipinski definition) is 0. The van der Waals surface area contributed by atoms with Crippen LogP contribution in [0.4, 0.5) is 0 Å². The molecule has 6 nitrogen and oxygen atoms in total. The molecular weight excluding hydrogens is 396 g/mol. The zero-order valence-electron chi connectivity index (χ0n) is 18.7. The highest BCUT2D eigenvalue weighted by atomic mass is 16.6. The molecule has 3 rings (SSSR count). The van der Waals surface area contributed by atoms with Crippen LogP contribution in [0.5, 0.6) is 23.0 Å². The van der Waals surface area contributed by atoms with Gasteiger partial charge in [-0.25, -0.2) is 0 Å². The Morgan fingerprint density at radius 3 is 1.71 bits per heavy atom. The smallest absolute Gasteiger partial charge is 0.161 e. The van der Waals surface area contributed by atoms with Crippen molar-refractivity contribution in [2.45, 2.75) is 33.1 Å². The van der Waals surface area contributed by atoms with Gasteiger partial charge >= 0.3 is 0 Å². The van der Waals surface area contributed by atoms with E-state index in [1.165, 1.54) is 5.56 Å². The Bertz CT molecular complexity index is 792. The van der Waals surface area contributed by atoms with Gasteiger partial charge in [-0.15, -0.1) is 0 Å². The van der Waals surface area contributed by atoms with Crippen LogP contribution in [0.3, 0.4) is 0 Å². The molecule has 0 radical (unpaired) electrons. The molecule has 31 heavy (non-hydrogen) atoms. The molecule has 0 fully saturated rings. The van der Waals surface area contributed by atoms with Gasteiger partial charge in [-0.2, -0.15) is 0 Å². The third-order valence-electron chi connectivity index (χ3n) is 4.87. The summed E-state index contributed by atoms with van der Waals surface area (Å²) >= 11 is 0. The summed E-state index contributed by atoms with van der Waals surface area (Å²) in [7, 11) is 0. The standard InChI is InChI=1S/C25H34O6/c1-3-4-5-21-7-9-23-25(19-21)31-17-13-27-12-16-30-24-18-20(2)6-8-22(24)28-14-10-26-11-15-29-23/h6-9,18-19H,3-5,10-17H2,1-2H3. The Morgan fingerprint density at radius 2 is 1.13 bits per heavy atom. The minimum atomic E-state index is 0.441. The summed E-state index contributed by atoms with van der Waals surface area (Å²) < 4.78 is 34.9. The highest BCUT2D eigenvalue weighted by molar-refractivity contribution is 5.43. The number of ether oxygens (including phenoxy) is 6. The summed E-state index contributed by atoms with van der Waals surface area (Å²) in [4.78, 5) is 0. The van der Waals surface area contributed by atoms with E-state index in [-0.39, 0.29) is 0 Å². The molecule has 1 aliphatic heterocycles. The molecule has 1 heterocycles. The van der Waals surface area contributed by atoms with Gasteiger partial charge in [0.15, 0.2) is 23.0 Å². The van der Waals surface area contributed by atoms with Crippen molar-refractivity contribution in [1.29, 1.82) is 0 Å². The SMILES string of the molecule is CCCCc1ccc2c(c1)OCCOCCOc1cc(C)ccc1OCCOCCO2. The summed E-state index contributed by atoms with van der Waals surface area (Å²) in [6.07, 6.45) is 3.35. The first-order valence-corrected chi connectivity index (χ1v) is 11.2. The van der Waals surface area contributed by atoms with E-state index >= 15 is 0 Å². The Hall–Kier alpha value is -2.44. The van der Waals surface area contributed by atoms with Gasteiger partial charge in [-0.1, -0.05) is 25.5 Å². The Kier molecular flexibility index (Phi) is 9.80. The average molecular weight is 431 g/mol. The number of hydrogen-bond acceptors (Lipinski definition) is 6. The van der Waals surface area contributed by atoms with Gasteiger partial charge in [-0.3, -0.25) is 0 Å². The number of rotatable bonds is 3. The van der Waals surface area contributed by atoms with Gasteiger partial charge in [0.25, 0.3) is 0 Å². The van der Waals surface area contributed by atoms with Crippen molar-refractivity contribution in [3.8, 4) is 23.0 Å². The topological polar surface area (TPSA) is 55.4 Å². The summed E-state index contributed by atoms with van der Waals surface area (Å²) in [6.45, 7) is 7.88. The van der Waals surface area contributed by atoms with Crippen molar-refractivity contribution < 1.29 is 28.4 Å². The molecule has 0 atom stereocenters. The number of fused-ring (bicyclic) bond motifs is 2. The van der Waals surface area contributed by atoms with Crippen LogP contribution in [0, 0.1) is 6.92 Å². The lowest BCUT2D eigenvalue weighted by Crippen LogP contribution is -2.15. The summed E-state index contributed by atoms with van der Waals surface area (Å²) in [5.41, 5.74) is 2.37. The molecule has 0 amide bonds. The Labute approximate surface area is 185 Å². The Morgan fingerprint density at radius 1 is 0.613 bits per heavy atom. The van der Waals surface area contributed by atoms with Gasteiger partial charge in [0.2, 0.25) is 0 Å². The number of benzene rings is 2. The molecule has 2 aromatic carbocycles. The minimum Gasteiger partial charge on any atom is -0.487 e. The maximum absolute atomic E-state index is 5.97. The summed E-state index contributed by atoms with van der Waals surface area (Å²) in [5, 5.41) is 0. The van der Waals surface area contributed by atoms with Crippen molar-refractivity contribution in [2.24, 2.45) is 0 Å². The van der Waals surface area contributed by atoms with Gasteiger partial charge in [0.1, 0.15) is 26.4 Å². The second kappa shape index (κ2) is 13.1. The van der Waals surface area contributed by atoms with Crippen molar-refractivity contribution in [3.63, 3.8) is 0 Å². The van der Waals surface area contributed by atoms with Gasteiger partial charge < -0.3 is 28.4 Å². The second-order valence-electron chi connectivity index (χ2n) is 7.45. The molecule has 6 heteroatoms. The van der Waals surface area contributed by atoms with Crippen LogP contribution in [0.2, 0.25) is 0 Å². The lowest BCUT2D eigenvalue weighted by atomic mass is 10.1. The predicted octanol–water partition coefficient (Wildman–Crippen LogP) is 4.60. The second-order valence-corrected chi connectivity index (χ2v) is 7.45. The summed E-state index contributed by atoms with van der Waals surface area (Å²) in [5.74, 6) is 2.91. The number of aryl methyl sites for hydroxylation is 2. The van der Waals surface area contributed by atoms with E-state index in [1.54, 1.807) is 0 Å². The van der Waals surface area contributed by atoms with Crippen molar-refractivity contribution in [1.82, 2.24) is 0 Å². The zero-order valence-corrected chi connectivity index (χ0v) is 18.7. The van der Waals surface area contributed by atoms with Crippen LogP contribution in [-0.4, -0.2) is 52.9 Å². The molecule has 0 saturated carbocycles. The van der Waals surface area contributed by atoms with E-state index in [0.29, 0.717) is 58.6 Å². The molecule has 1 aliphatic rings. The van der Waals surface area contributed by atoms with Crippen LogP contribution in [0.15, 0.2) is 36.4 Å². The normalized spacial score (nSPS) is 16.2. The molecule has 0 aromatic heterocycles. The fraction of sp³-hybridized carbons (Fsp3) is 0.520. The fourth-order valence-electron chi connectivity index (χ4n) is 3.21. The monoisotopic (exact) mass is 430 g/mol. The van der Waals surface area contributed by atoms with E-state index in [4.69, 9.17) is 28.4 Å². The molecule has 0 bridgehead atoms. The first-order chi connectivity index (χ1) is 15.3. The highest BCUT2D eigenvalue weighted by Gasteiger charge is 2.09. The van der Waals surface area contributed by atoms with Crippen molar-refractivity contribution in [3.05, 3.63) is 47.5 Å². The van der Waals surface area contributed by atoms with Crippen molar-refractivity contribution >= 4 is 0 Å². The molecule has 170 valence electrons. The van der Waals surface area contributed by atoms with Gasteiger partial charge in [-0.05, 0) is 55.2 Å². The maximum atomic E-state index is 5.97. The highest BCUT2D eigenvalue weighted by Crippen LogP contribution is 2.30. The van der Waals surface area contributed by atoms with E-state index < -0.39 is 0 Å². The van der Waals surface area contributed by atoms with Crippen LogP contribution < -0.4 is 18.9 Å². The van der Waals surface area contributed by atoms with E-state index in [1.807, 2.05) is 31.2 Å². The van der Waals surface area contributed by atoms with Crippen molar-refractivity contribution in [2.75, 3.05) is 52.9 Å². The van der Waals surface area contributed by atoms with E-state index in [9.17, 15) is 0 Å². The Balaban J connectivity index is 1.60. The van der Waals surface area contributed by atoms with E-state index in [0.717, 1.165) is 42.1 Å². The molecule has 0 N–H and O–H groups in total. The maximum Gasteiger partial charge on any atom is 0.161 e. The zero-order chi connectivity index (χ0) is 21.7. The minimum absolute atomic E-state index is 0.441. The lowest BCUT2D eigenvalue weighted by molar-refractivity contribution is 0.0640. The molecule has 0 unspecified atom stereocenters. The predicted molar refractivity (Wildman–Crippen MR) is 120 cm³/mol.